The minimum absolute atomic E-state index is 1.19. The molecule has 0 spiro atoms. The molecular weight excluding hydrogens is 204 g/mol. The summed E-state index contributed by atoms with van der Waals surface area (Å²) >= 11 is 0. The molecule has 0 aliphatic carbocycles. The highest BCUT2D eigenvalue weighted by molar-refractivity contribution is 5.10. The Morgan fingerprint density at radius 2 is 1.12 bits per heavy atom. The van der Waals surface area contributed by atoms with Gasteiger partial charge in [-0.1, -0.05) is 88.8 Å². The van der Waals surface area contributed by atoms with E-state index in [0.717, 1.165) is 0 Å². The number of allylic oxidation sites excluding steroid dienone is 6. The van der Waals surface area contributed by atoms with Crippen molar-refractivity contribution in [3.8, 4) is 0 Å². The molecule has 0 heterocycles. The fourth-order valence-corrected chi connectivity index (χ4v) is 1.69. The van der Waals surface area contributed by atoms with E-state index < -0.39 is 0 Å². The predicted molar refractivity (Wildman–Crippen MR) is 80.3 cm³/mol. The third-order valence-electron chi connectivity index (χ3n) is 2.79. The van der Waals surface area contributed by atoms with Crippen molar-refractivity contribution >= 4 is 0 Å². The molecule has 0 nitrogen and oxygen atoms in total. The highest BCUT2D eigenvalue weighted by Gasteiger charge is 1.87. The van der Waals surface area contributed by atoms with Gasteiger partial charge in [0.25, 0.3) is 0 Å². The molecule has 0 radical (unpaired) electrons. The van der Waals surface area contributed by atoms with Crippen LogP contribution in [0.25, 0.3) is 0 Å². The Morgan fingerprint density at radius 3 is 1.76 bits per heavy atom. The smallest absolute Gasteiger partial charge is 0.0348 e. The quantitative estimate of drug-likeness (QED) is 0.295. The van der Waals surface area contributed by atoms with Crippen molar-refractivity contribution in [3.63, 3.8) is 0 Å². The summed E-state index contributed by atoms with van der Waals surface area (Å²) in [6.07, 6.45) is 25.0. The van der Waals surface area contributed by atoms with Gasteiger partial charge in [0, 0.05) is 0 Å². The Balaban J connectivity index is 3.24. The number of unbranched alkanes of at least 4 members (excludes halogenated alkanes) is 7. The molecule has 0 heteroatoms. The van der Waals surface area contributed by atoms with Gasteiger partial charge in [-0.2, -0.15) is 0 Å². The van der Waals surface area contributed by atoms with E-state index in [0.29, 0.717) is 0 Å². The van der Waals surface area contributed by atoms with Crippen LogP contribution >= 0.6 is 0 Å². The second kappa shape index (κ2) is 15.2. The second-order valence-corrected chi connectivity index (χ2v) is 4.59. The standard InChI is InChI=1S/C17H30/c1-3-5-7-9-11-13-15-17-16-14-12-10-8-6-4-2/h7,9,11,13,15,17H,3-6,8,10,12,14,16H2,1-2H3/b9-7+,13-11+,17-15+. The van der Waals surface area contributed by atoms with Crippen LogP contribution in [0.5, 0.6) is 0 Å². The minimum Gasteiger partial charge on any atom is -0.0845 e. The van der Waals surface area contributed by atoms with Crippen molar-refractivity contribution < 1.29 is 0 Å². The SMILES string of the molecule is CCC/C=C/C=C/C=C/CCCCCCCC. The van der Waals surface area contributed by atoms with Crippen LogP contribution in [-0.4, -0.2) is 0 Å². The molecule has 0 fully saturated rings. The van der Waals surface area contributed by atoms with E-state index in [1.165, 1.54) is 57.8 Å². The van der Waals surface area contributed by atoms with Crippen LogP contribution in [-0.2, 0) is 0 Å². The molecule has 0 aromatic carbocycles. The molecule has 0 unspecified atom stereocenters. The summed E-state index contributed by atoms with van der Waals surface area (Å²) in [6, 6.07) is 0. The average Bonchev–Trinajstić information content (AvgIpc) is 2.35. The van der Waals surface area contributed by atoms with Gasteiger partial charge in [0.1, 0.15) is 0 Å². The first-order valence-electron chi connectivity index (χ1n) is 7.40. The van der Waals surface area contributed by atoms with Gasteiger partial charge in [-0.25, -0.2) is 0 Å². The molecule has 0 aliphatic rings. The summed E-state index contributed by atoms with van der Waals surface area (Å²) in [5.74, 6) is 0. The first kappa shape index (κ1) is 16.2. The molecule has 0 aliphatic heterocycles. The second-order valence-electron chi connectivity index (χ2n) is 4.59. The Bertz CT molecular complexity index is 208. The van der Waals surface area contributed by atoms with E-state index in [9.17, 15) is 0 Å². The summed E-state index contributed by atoms with van der Waals surface area (Å²) < 4.78 is 0. The molecule has 0 saturated heterocycles. The van der Waals surface area contributed by atoms with E-state index in [-0.39, 0.29) is 0 Å². The normalized spacial score (nSPS) is 12.4. The molecule has 0 amide bonds. The van der Waals surface area contributed by atoms with E-state index >= 15 is 0 Å². The van der Waals surface area contributed by atoms with Gasteiger partial charge < -0.3 is 0 Å². The van der Waals surface area contributed by atoms with E-state index in [1.54, 1.807) is 0 Å². The van der Waals surface area contributed by atoms with Crippen LogP contribution in [0.15, 0.2) is 36.5 Å². The van der Waals surface area contributed by atoms with Gasteiger partial charge in [-0.15, -0.1) is 0 Å². The van der Waals surface area contributed by atoms with Crippen LogP contribution in [0.2, 0.25) is 0 Å². The summed E-state index contributed by atoms with van der Waals surface area (Å²) in [5.41, 5.74) is 0. The molecule has 0 N–H and O–H groups in total. The monoisotopic (exact) mass is 234 g/mol. The number of rotatable bonds is 11. The zero-order valence-electron chi connectivity index (χ0n) is 11.8. The molecule has 0 atom stereocenters. The largest absolute Gasteiger partial charge is 0.0845 e. The van der Waals surface area contributed by atoms with E-state index in [4.69, 9.17) is 0 Å². The number of hydrogen-bond acceptors (Lipinski definition) is 0. The highest BCUT2D eigenvalue weighted by atomic mass is 13.9. The maximum atomic E-state index is 2.28. The summed E-state index contributed by atoms with van der Waals surface area (Å²) in [4.78, 5) is 0. The lowest BCUT2D eigenvalue weighted by molar-refractivity contribution is 0.611. The molecule has 0 bridgehead atoms. The number of hydrogen-bond donors (Lipinski definition) is 0. The minimum atomic E-state index is 1.19. The van der Waals surface area contributed by atoms with Crippen LogP contribution < -0.4 is 0 Å². The van der Waals surface area contributed by atoms with Gasteiger partial charge in [-0.3, -0.25) is 0 Å². The third-order valence-corrected chi connectivity index (χ3v) is 2.79. The van der Waals surface area contributed by atoms with Crippen LogP contribution in [0.3, 0.4) is 0 Å². The van der Waals surface area contributed by atoms with Crippen LogP contribution in [0.1, 0.15) is 71.6 Å². The summed E-state index contributed by atoms with van der Waals surface area (Å²) in [5, 5.41) is 0. The van der Waals surface area contributed by atoms with Crippen molar-refractivity contribution in [1.29, 1.82) is 0 Å². The Kier molecular flexibility index (Phi) is 14.5. The molecule has 0 aromatic heterocycles. The van der Waals surface area contributed by atoms with Crippen molar-refractivity contribution in [2.45, 2.75) is 71.6 Å². The van der Waals surface area contributed by atoms with Crippen molar-refractivity contribution in [2.75, 3.05) is 0 Å². The molecular formula is C17H30. The lowest BCUT2D eigenvalue weighted by Crippen LogP contribution is -1.77. The zero-order chi connectivity index (χ0) is 12.6. The Labute approximate surface area is 109 Å². The maximum absolute atomic E-state index is 2.28. The molecule has 0 aromatic rings. The topological polar surface area (TPSA) is 0 Å². The van der Waals surface area contributed by atoms with Crippen molar-refractivity contribution in [3.05, 3.63) is 36.5 Å². The van der Waals surface area contributed by atoms with Gasteiger partial charge in [0.2, 0.25) is 0 Å². The summed E-state index contributed by atoms with van der Waals surface area (Å²) in [7, 11) is 0. The molecule has 0 saturated carbocycles. The predicted octanol–water partition coefficient (Wildman–Crippen LogP) is 6.21. The first-order valence-corrected chi connectivity index (χ1v) is 7.40. The van der Waals surface area contributed by atoms with Gasteiger partial charge >= 0.3 is 0 Å². The van der Waals surface area contributed by atoms with Gasteiger partial charge in [0.15, 0.2) is 0 Å². The van der Waals surface area contributed by atoms with Crippen LogP contribution in [0.4, 0.5) is 0 Å². The van der Waals surface area contributed by atoms with E-state index in [1.807, 2.05) is 0 Å². The molecule has 17 heavy (non-hydrogen) atoms. The third kappa shape index (κ3) is 15.2. The maximum Gasteiger partial charge on any atom is -0.0348 e. The summed E-state index contributed by atoms with van der Waals surface area (Å²) in [6.45, 7) is 4.47. The lowest BCUT2D eigenvalue weighted by Gasteiger charge is -1.97. The molecule has 0 rings (SSSR count). The lowest BCUT2D eigenvalue weighted by atomic mass is 10.1. The highest BCUT2D eigenvalue weighted by Crippen LogP contribution is 2.07. The Hall–Kier alpha value is -0.780. The van der Waals surface area contributed by atoms with Gasteiger partial charge in [-0.05, 0) is 19.3 Å². The zero-order valence-corrected chi connectivity index (χ0v) is 11.8. The van der Waals surface area contributed by atoms with E-state index in [2.05, 4.69) is 50.3 Å². The van der Waals surface area contributed by atoms with Crippen molar-refractivity contribution in [1.82, 2.24) is 0 Å². The first-order chi connectivity index (χ1) is 8.41. The van der Waals surface area contributed by atoms with Gasteiger partial charge in [0.05, 0.1) is 0 Å². The van der Waals surface area contributed by atoms with Crippen LogP contribution in [0, 0.1) is 0 Å². The fourth-order valence-electron chi connectivity index (χ4n) is 1.69. The fraction of sp³-hybridized carbons (Fsp3) is 0.647. The van der Waals surface area contributed by atoms with Crippen molar-refractivity contribution in [2.24, 2.45) is 0 Å². The molecule has 98 valence electrons. The average molecular weight is 234 g/mol. The Morgan fingerprint density at radius 1 is 0.529 bits per heavy atom.